The molecule has 1 atom stereocenters. The second kappa shape index (κ2) is 7.17. The Morgan fingerprint density at radius 1 is 1.33 bits per heavy atom. The molecule has 3 heterocycles. The van der Waals surface area contributed by atoms with E-state index in [1.807, 2.05) is 13.8 Å². The Morgan fingerprint density at radius 3 is 2.67 bits per heavy atom. The highest BCUT2D eigenvalue weighted by Crippen LogP contribution is 2.30. The van der Waals surface area contributed by atoms with E-state index in [1.165, 1.54) is 6.26 Å². The van der Waals surface area contributed by atoms with Gasteiger partial charge in [0.05, 0.1) is 11.8 Å². The summed E-state index contributed by atoms with van der Waals surface area (Å²) in [6.45, 7) is 7.12. The van der Waals surface area contributed by atoms with Crippen LogP contribution in [-0.4, -0.2) is 29.3 Å². The first-order chi connectivity index (χ1) is 11.6. The molecule has 1 aliphatic rings. The minimum absolute atomic E-state index is 0.171. The summed E-state index contributed by atoms with van der Waals surface area (Å²) in [6.07, 6.45) is 3.20. The fourth-order valence-corrected chi connectivity index (χ4v) is 2.88. The molecule has 130 valence electrons. The molecule has 0 aromatic carbocycles. The average molecular weight is 333 g/mol. The van der Waals surface area contributed by atoms with Crippen LogP contribution in [0.5, 0.6) is 0 Å². The van der Waals surface area contributed by atoms with Crippen molar-refractivity contribution in [2.24, 2.45) is 5.92 Å². The standard InChI is InChI=1S/C17H23N3O4/c1-10(2)15-19-17(24-20-15)14(12-4-7-22-8-5-12)18-16(21)13-6-9-23-11(13)3/h6,9-10,12,14H,4-5,7-8H2,1-3H3,(H,18,21). The summed E-state index contributed by atoms with van der Waals surface area (Å²) in [5, 5.41) is 7.08. The molecule has 1 aliphatic heterocycles. The van der Waals surface area contributed by atoms with Crippen LogP contribution in [0.25, 0.3) is 0 Å². The molecule has 1 amide bonds. The van der Waals surface area contributed by atoms with Crippen LogP contribution in [0.3, 0.4) is 0 Å². The topological polar surface area (TPSA) is 90.4 Å². The van der Waals surface area contributed by atoms with Crippen molar-refractivity contribution in [1.82, 2.24) is 15.5 Å². The third kappa shape index (κ3) is 3.51. The molecule has 2 aromatic rings. The lowest BCUT2D eigenvalue weighted by Crippen LogP contribution is -2.36. The smallest absolute Gasteiger partial charge is 0.255 e. The Labute approximate surface area is 140 Å². The third-order valence-corrected chi connectivity index (χ3v) is 4.37. The van der Waals surface area contributed by atoms with E-state index in [1.54, 1.807) is 13.0 Å². The second-order valence-electron chi connectivity index (χ2n) is 6.44. The molecule has 1 unspecified atom stereocenters. The van der Waals surface area contributed by atoms with Gasteiger partial charge in [0.15, 0.2) is 5.82 Å². The second-order valence-corrected chi connectivity index (χ2v) is 6.44. The first-order valence-corrected chi connectivity index (χ1v) is 8.32. The number of furan rings is 1. The van der Waals surface area contributed by atoms with Crippen molar-refractivity contribution in [3.05, 3.63) is 35.4 Å². The fraction of sp³-hybridized carbons (Fsp3) is 0.588. The van der Waals surface area contributed by atoms with Gasteiger partial charge >= 0.3 is 0 Å². The normalized spacial score (nSPS) is 17.2. The lowest BCUT2D eigenvalue weighted by molar-refractivity contribution is 0.0467. The van der Waals surface area contributed by atoms with Crippen LogP contribution in [0.2, 0.25) is 0 Å². The number of nitrogens with zero attached hydrogens (tertiary/aromatic N) is 2. The largest absolute Gasteiger partial charge is 0.469 e. The zero-order valence-corrected chi connectivity index (χ0v) is 14.2. The van der Waals surface area contributed by atoms with Gasteiger partial charge in [-0.05, 0) is 31.7 Å². The molecule has 2 aromatic heterocycles. The van der Waals surface area contributed by atoms with Crippen LogP contribution in [-0.2, 0) is 4.74 Å². The number of aryl methyl sites for hydroxylation is 1. The van der Waals surface area contributed by atoms with Crippen molar-refractivity contribution < 1.29 is 18.5 Å². The lowest BCUT2D eigenvalue weighted by atomic mass is 9.91. The Balaban J connectivity index is 1.83. The Morgan fingerprint density at radius 2 is 2.08 bits per heavy atom. The molecular formula is C17H23N3O4. The van der Waals surface area contributed by atoms with Crippen LogP contribution in [0.1, 0.15) is 66.5 Å². The maximum atomic E-state index is 12.6. The van der Waals surface area contributed by atoms with Crippen molar-refractivity contribution >= 4 is 5.91 Å². The van der Waals surface area contributed by atoms with Gasteiger partial charge < -0.3 is 19.0 Å². The third-order valence-electron chi connectivity index (χ3n) is 4.37. The summed E-state index contributed by atoms with van der Waals surface area (Å²) in [7, 11) is 0. The lowest BCUT2D eigenvalue weighted by Gasteiger charge is -2.28. The van der Waals surface area contributed by atoms with Gasteiger partial charge in [0.2, 0.25) is 5.89 Å². The van der Waals surface area contributed by atoms with Gasteiger partial charge in [-0.25, -0.2) is 0 Å². The van der Waals surface area contributed by atoms with E-state index in [0.717, 1.165) is 12.8 Å². The van der Waals surface area contributed by atoms with Gasteiger partial charge in [0.1, 0.15) is 11.8 Å². The van der Waals surface area contributed by atoms with Crippen molar-refractivity contribution in [1.29, 1.82) is 0 Å². The van der Waals surface area contributed by atoms with Crippen LogP contribution >= 0.6 is 0 Å². The summed E-state index contributed by atoms with van der Waals surface area (Å²) in [6, 6.07) is 1.34. The number of carbonyl (C=O) groups excluding carboxylic acids is 1. The maximum absolute atomic E-state index is 12.6. The quantitative estimate of drug-likeness (QED) is 0.904. The summed E-state index contributed by atoms with van der Waals surface area (Å²) in [5.41, 5.74) is 0.524. The van der Waals surface area contributed by atoms with Crippen LogP contribution in [0.4, 0.5) is 0 Å². The maximum Gasteiger partial charge on any atom is 0.255 e. The average Bonchev–Trinajstić information content (AvgIpc) is 3.22. The van der Waals surface area contributed by atoms with Crippen molar-refractivity contribution in [2.45, 2.75) is 45.6 Å². The number of hydrogen-bond donors (Lipinski definition) is 1. The predicted molar refractivity (Wildman–Crippen MR) is 85.6 cm³/mol. The molecule has 0 aliphatic carbocycles. The summed E-state index contributed by atoms with van der Waals surface area (Å²) >= 11 is 0. The SMILES string of the molecule is Cc1occc1C(=O)NC(c1nc(C(C)C)no1)C1CCOCC1. The number of hydrogen-bond acceptors (Lipinski definition) is 6. The Hall–Kier alpha value is -2.15. The van der Waals surface area contributed by atoms with E-state index in [4.69, 9.17) is 13.7 Å². The number of amides is 1. The first-order valence-electron chi connectivity index (χ1n) is 8.32. The highest BCUT2D eigenvalue weighted by Gasteiger charge is 2.32. The van der Waals surface area contributed by atoms with Crippen molar-refractivity contribution in [3.8, 4) is 0 Å². The highest BCUT2D eigenvalue weighted by molar-refractivity contribution is 5.95. The van der Waals surface area contributed by atoms with Crippen molar-refractivity contribution in [2.75, 3.05) is 13.2 Å². The summed E-state index contributed by atoms with van der Waals surface area (Å²) < 4.78 is 16.1. The van der Waals surface area contributed by atoms with E-state index >= 15 is 0 Å². The van der Waals surface area contributed by atoms with Crippen LogP contribution in [0.15, 0.2) is 21.3 Å². The van der Waals surface area contributed by atoms with Gasteiger partial charge in [0, 0.05) is 19.1 Å². The first kappa shape index (κ1) is 16.7. The van der Waals surface area contributed by atoms with E-state index < -0.39 is 0 Å². The molecule has 0 bridgehead atoms. The number of ether oxygens (including phenoxy) is 1. The molecular weight excluding hydrogens is 310 g/mol. The van der Waals surface area contributed by atoms with Gasteiger partial charge in [0.25, 0.3) is 5.91 Å². The summed E-state index contributed by atoms with van der Waals surface area (Å²) in [4.78, 5) is 17.1. The van der Waals surface area contributed by atoms with Gasteiger partial charge in [-0.3, -0.25) is 4.79 Å². The van der Waals surface area contributed by atoms with Gasteiger partial charge in [-0.1, -0.05) is 19.0 Å². The molecule has 1 fully saturated rings. The van der Waals surface area contributed by atoms with Gasteiger partial charge in [-0.15, -0.1) is 0 Å². The van der Waals surface area contributed by atoms with E-state index in [2.05, 4.69) is 15.5 Å². The van der Waals surface area contributed by atoms with Crippen LogP contribution < -0.4 is 5.32 Å². The van der Waals surface area contributed by atoms with Crippen LogP contribution in [0, 0.1) is 12.8 Å². The zero-order chi connectivity index (χ0) is 17.1. The zero-order valence-electron chi connectivity index (χ0n) is 14.2. The molecule has 0 radical (unpaired) electrons. The molecule has 0 saturated carbocycles. The minimum Gasteiger partial charge on any atom is -0.469 e. The molecule has 1 N–H and O–H groups in total. The van der Waals surface area contributed by atoms with E-state index in [9.17, 15) is 4.79 Å². The predicted octanol–water partition coefficient (Wildman–Crippen LogP) is 2.99. The molecule has 24 heavy (non-hydrogen) atoms. The molecule has 7 nitrogen and oxygen atoms in total. The van der Waals surface area contributed by atoms with Crippen molar-refractivity contribution in [3.63, 3.8) is 0 Å². The Bertz CT molecular complexity index is 686. The van der Waals surface area contributed by atoms with E-state index in [0.29, 0.717) is 36.3 Å². The number of rotatable bonds is 5. The summed E-state index contributed by atoms with van der Waals surface area (Å²) in [5.74, 6) is 1.88. The molecule has 3 rings (SSSR count). The highest BCUT2D eigenvalue weighted by atomic mass is 16.5. The Kier molecular flexibility index (Phi) is 4.99. The number of aromatic nitrogens is 2. The molecule has 1 saturated heterocycles. The molecule has 7 heteroatoms. The van der Waals surface area contributed by atoms with E-state index in [-0.39, 0.29) is 23.8 Å². The number of nitrogens with one attached hydrogen (secondary N) is 1. The minimum atomic E-state index is -0.323. The fourth-order valence-electron chi connectivity index (χ4n) is 2.88. The van der Waals surface area contributed by atoms with Gasteiger partial charge in [-0.2, -0.15) is 4.98 Å². The monoisotopic (exact) mass is 333 g/mol. The number of carbonyl (C=O) groups is 1. The molecule has 0 spiro atoms.